The first-order valence-electron chi connectivity index (χ1n) is 6.97. The molecule has 0 aliphatic carbocycles. The maximum absolute atomic E-state index is 5.85. The summed E-state index contributed by atoms with van der Waals surface area (Å²) in [6.07, 6.45) is 4.22. The molecule has 3 aliphatic rings. The summed E-state index contributed by atoms with van der Waals surface area (Å²) in [6, 6.07) is 1.25. The van der Waals surface area contributed by atoms with Crippen LogP contribution in [0.2, 0.25) is 0 Å². The quantitative estimate of drug-likeness (QED) is 0.510. The molecule has 3 heterocycles. The molecule has 3 aliphatic heterocycles. The minimum Gasteiger partial charge on any atom is -0.375 e. The standard InChI is InChI=1S/C12H24N4O/c1-2-10(11-3-4-15-16-11)14-7-9(1)12-8-13-5-6-17-12/h9-16H,1-8H2. The van der Waals surface area contributed by atoms with Gasteiger partial charge in [0.1, 0.15) is 0 Å². The SMILES string of the molecule is C1COC(C2CCC(C3CCNN3)NC2)CN1. The molecule has 4 unspecified atom stereocenters. The lowest BCUT2D eigenvalue weighted by Crippen LogP contribution is -2.54. The molecule has 4 N–H and O–H groups in total. The van der Waals surface area contributed by atoms with Crippen LogP contribution >= 0.6 is 0 Å². The van der Waals surface area contributed by atoms with E-state index in [0.717, 1.165) is 32.8 Å². The molecule has 3 fully saturated rings. The van der Waals surface area contributed by atoms with Crippen molar-refractivity contribution in [2.75, 3.05) is 32.8 Å². The fraction of sp³-hybridized carbons (Fsp3) is 1.00. The van der Waals surface area contributed by atoms with Crippen LogP contribution in [0.3, 0.4) is 0 Å². The number of hydrogen-bond donors (Lipinski definition) is 4. The van der Waals surface area contributed by atoms with Gasteiger partial charge in [0.2, 0.25) is 0 Å². The van der Waals surface area contributed by atoms with E-state index >= 15 is 0 Å². The van der Waals surface area contributed by atoms with Gasteiger partial charge in [0.15, 0.2) is 0 Å². The summed E-state index contributed by atoms with van der Waals surface area (Å²) in [7, 11) is 0. The number of piperidine rings is 1. The molecule has 98 valence electrons. The van der Waals surface area contributed by atoms with Crippen molar-refractivity contribution >= 4 is 0 Å². The average molecular weight is 240 g/mol. The van der Waals surface area contributed by atoms with Crippen LogP contribution in [0.5, 0.6) is 0 Å². The van der Waals surface area contributed by atoms with Gasteiger partial charge in [-0.3, -0.25) is 10.9 Å². The molecule has 5 heteroatoms. The van der Waals surface area contributed by atoms with Gasteiger partial charge in [0, 0.05) is 38.3 Å². The zero-order valence-electron chi connectivity index (χ0n) is 10.4. The van der Waals surface area contributed by atoms with E-state index in [-0.39, 0.29) is 0 Å². The van der Waals surface area contributed by atoms with Crippen molar-refractivity contribution in [2.24, 2.45) is 5.92 Å². The summed E-state index contributed by atoms with van der Waals surface area (Å²) in [6.45, 7) is 5.12. The third-order valence-electron chi connectivity index (χ3n) is 4.33. The third kappa shape index (κ3) is 2.80. The van der Waals surface area contributed by atoms with Crippen molar-refractivity contribution in [3.63, 3.8) is 0 Å². The van der Waals surface area contributed by atoms with E-state index in [1.807, 2.05) is 0 Å². The number of morpholine rings is 1. The Morgan fingerprint density at radius 3 is 2.59 bits per heavy atom. The van der Waals surface area contributed by atoms with Crippen molar-refractivity contribution in [3.05, 3.63) is 0 Å². The Morgan fingerprint density at radius 1 is 0.941 bits per heavy atom. The van der Waals surface area contributed by atoms with Crippen LogP contribution in [0.25, 0.3) is 0 Å². The first kappa shape index (κ1) is 11.9. The Hall–Kier alpha value is -0.200. The zero-order chi connectivity index (χ0) is 11.5. The van der Waals surface area contributed by atoms with Gasteiger partial charge in [-0.15, -0.1) is 0 Å². The minimum atomic E-state index is 0.423. The topological polar surface area (TPSA) is 57.4 Å². The third-order valence-corrected chi connectivity index (χ3v) is 4.33. The summed E-state index contributed by atoms with van der Waals surface area (Å²) in [5.74, 6) is 0.688. The predicted octanol–water partition coefficient (Wildman–Crippen LogP) is -0.790. The number of nitrogens with one attached hydrogen (secondary N) is 4. The van der Waals surface area contributed by atoms with E-state index in [4.69, 9.17) is 4.74 Å². The Bertz CT molecular complexity index is 231. The van der Waals surface area contributed by atoms with Gasteiger partial charge >= 0.3 is 0 Å². The van der Waals surface area contributed by atoms with E-state index in [2.05, 4.69) is 21.5 Å². The Labute approximate surface area is 103 Å². The van der Waals surface area contributed by atoms with Crippen LogP contribution in [0.4, 0.5) is 0 Å². The van der Waals surface area contributed by atoms with Crippen LogP contribution in [0.15, 0.2) is 0 Å². The normalized spacial score (nSPS) is 43.8. The second-order valence-corrected chi connectivity index (χ2v) is 5.43. The molecule has 0 spiro atoms. The molecule has 0 bridgehead atoms. The van der Waals surface area contributed by atoms with Crippen molar-refractivity contribution in [1.82, 2.24) is 21.5 Å². The van der Waals surface area contributed by atoms with Crippen molar-refractivity contribution in [3.8, 4) is 0 Å². The molecule has 17 heavy (non-hydrogen) atoms. The summed E-state index contributed by atoms with van der Waals surface area (Å²) >= 11 is 0. The van der Waals surface area contributed by atoms with Gasteiger partial charge in [-0.1, -0.05) is 0 Å². The molecule has 0 aromatic rings. The molecule has 4 atom stereocenters. The van der Waals surface area contributed by atoms with E-state index in [9.17, 15) is 0 Å². The van der Waals surface area contributed by atoms with E-state index in [1.54, 1.807) is 0 Å². The number of rotatable bonds is 2. The van der Waals surface area contributed by atoms with E-state index < -0.39 is 0 Å². The molecule has 3 rings (SSSR count). The summed E-state index contributed by atoms with van der Waals surface area (Å²) in [5, 5.41) is 7.12. The smallest absolute Gasteiger partial charge is 0.0740 e. The number of hydrazine groups is 1. The van der Waals surface area contributed by atoms with Gasteiger partial charge in [0.25, 0.3) is 0 Å². The molecule has 0 radical (unpaired) electrons. The van der Waals surface area contributed by atoms with Crippen molar-refractivity contribution in [1.29, 1.82) is 0 Å². The highest BCUT2D eigenvalue weighted by molar-refractivity contribution is 4.91. The molecular formula is C12H24N4O. The van der Waals surface area contributed by atoms with Gasteiger partial charge in [-0.2, -0.15) is 0 Å². The lowest BCUT2D eigenvalue weighted by atomic mass is 9.87. The highest BCUT2D eigenvalue weighted by Gasteiger charge is 2.32. The molecule has 0 aromatic carbocycles. The lowest BCUT2D eigenvalue weighted by molar-refractivity contribution is -0.0189. The molecule has 3 saturated heterocycles. The largest absolute Gasteiger partial charge is 0.375 e. The number of ether oxygens (including phenoxy) is 1. The van der Waals surface area contributed by atoms with Gasteiger partial charge in [0.05, 0.1) is 12.7 Å². The molecule has 0 amide bonds. The van der Waals surface area contributed by atoms with Gasteiger partial charge in [-0.05, 0) is 25.2 Å². The van der Waals surface area contributed by atoms with E-state index in [0.29, 0.717) is 24.1 Å². The monoisotopic (exact) mass is 240 g/mol. The predicted molar refractivity (Wildman–Crippen MR) is 66.7 cm³/mol. The summed E-state index contributed by atoms with van der Waals surface area (Å²) in [4.78, 5) is 0. The Balaban J connectivity index is 1.46. The minimum absolute atomic E-state index is 0.423. The second-order valence-electron chi connectivity index (χ2n) is 5.43. The highest BCUT2D eigenvalue weighted by Crippen LogP contribution is 2.23. The van der Waals surface area contributed by atoms with Gasteiger partial charge < -0.3 is 15.4 Å². The maximum Gasteiger partial charge on any atom is 0.0740 e. The zero-order valence-corrected chi connectivity index (χ0v) is 10.4. The first-order chi connectivity index (χ1) is 8.43. The Morgan fingerprint density at radius 2 is 1.94 bits per heavy atom. The lowest BCUT2D eigenvalue weighted by Gasteiger charge is -2.38. The first-order valence-corrected chi connectivity index (χ1v) is 6.97. The van der Waals surface area contributed by atoms with Crippen LogP contribution in [0, 0.1) is 5.92 Å². The van der Waals surface area contributed by atoms with Crippen LogP contribution in [-0.4, -0.2) is 51.0 Å². The maximum atomic E-state index is 5.85. The van der Waals surface area contributed by atoms with Crippen LogP contribution in [0.1, 0.15) is 19.3 Å². The molecular weight excluding hydrogens is 216 g/mol. The molecule has 0 saturated carbocycles. The highest BCUT2D eigenvalue weighted by atomic mass is 16.5. The fourth-order valence-corrected chi connectivity index (χ4v) is 3.25. The summed E-state index contributed by atoms with van der Waals surface area (Å²) in [5.41, 5.74) is 6.58. The molecule has 0 aromatic heterocycles. The average Bonchev–Trinajstić information content (AvgIpc) is 2.94. The van der Waals surface area contributed by atoms with Crippen LogP contribution < -0.4 is 21.5 Å². The fourth-order valence-electron chi connectivity index (χ4n) is 3.25. The Kier molecular flexibility index (Phi) is 3.93. The van der Waals surface area contributed by atoms with Crippen LogP contribution in [-0.2, 0) is 4.74 Å². The molecule has 5 nitrogen and oxygen atoms in total. The van der Waals surface area contributed by atoms with Crippen molar-refractivity contribution < 1.29 is 4.74 Å². The van der Waals surface area contributed by atoms with Gasteiger partial charge in [-0.25, -0.2) is 0 Å². The van der Waals surface area contributed by atoms with Crippen molar-refractivity contribution in [2.45, 2.75) is 37.5 Å². The number of hydrogen-bond acceptors (Lipinski definition) is 5. The summed E-state index contributed by atoms with van der Waals surface area (Å²) < 4.78 is 5.85. The van der Waals surface area contributed by atoms with E-state index in [1.165, 1.54) is 19.3 Å². The second kappa shape index (κ2) is 5.63.